The molecule has 0 saturated carbocycles. The Balaban J connectivity index is 2.67. The lowest BCUT2D eigenvalue weighted by molar-refractivity contribution is 0.0636. The van der Waals surface area contributed by atoms with Gasteiger partial charge in [0.1, 0.15) is 11.4 Å². The third-order valence-electron chi connectivity index (χ3n) is 1.68. The number of carbonyl (C=O) groups is 2. The maximum Gasteiger partial charge on any atom is 0.511 e. The second kappa shape index (κ2) is 5.39. The second-order valence-electron chi connectivity index (χ2n) is 4.52. The molecule has 0 aromatic heterocycles. The highest BCUT2D eigenvalue weighted by atomic mass is 16.7. The molecule has 0 atom stereocenters. The topological polar surface area (TPSA) is 84.9 Å². The Hall–Kier alpha value is -2.24. The highest BCUT2D eigenvalue weighted by molar-refractivity contribution is 5.85. The van der Waals surface area contributed by atoms with Gasteiger partial charge in [0, 0.05) is 11.8 Å². The van der Waals surface area contributed by atoms with Gasteiger partial charge in [-0.05, 0) is 32.9 Å². The minimum atomic E-state index is -1.41. The van der Waals surface area contributed by atoms with Gasteiger partial charge in [-0.1, -0.05) is 6.07 Å². The number of carbonyl (C=O) groups excluding carboxylic acids is 1. The van der Waals surface area contributed by atoms with Crippen LogP contribution >= 0.6 is 0 Å². The van der Waals surface area contributed by atoms with Gasteiger partial charge in [-0.15, -0.1) is 0 Å². The first kappa shape index (κ1) is 13.8. The number of benzene rings is 1. The predicted octanol–water partition coefficient (Wildman–Crippen LogP) is 3.09. The molecule has 0 aliphatic carbocycles. The minimum absolute atomic E-state index is 0.121. The number of ether oxygens (including phenoxy) is 2. The van der Waals surface area contributed by atoms with Gasteiger partial charge in [-0.25, -0.2) is 9.59 Å². The van der Waals surface area contributed by atoms with E-state index in [0.29, 0.717) is 5.69 Å². The lowest BCUT2D eigenvalue weighted by Crippen LogP contribution is -2.27. The summed E-state index contributed by atoms with van der Waals surface area (Å²) < 4.78 is 9.52. The lowest BCUT2D eigenvalue weighted by atomic mass is 10.2. The SMILES string of the molecule is CC(C)(C)OC(=O)Nc1cccc(OC(=O)O)c1. The van der Waals surface area contributed by atoms with Crippen LogP contribution in [0.1, 0.15) is 20.8 Å². The number of nitrogens with one attached hydrogen (secondary N) is 1. The van der Waals surface area contributed by atoms with Crippen LogP contribution in [0.15, 0.2) is 24.3 Å². The highest BCUT2D eigenvalue weighted by Crippen LogP contribution is 2.18. The molecule has 0 fully saturated rings. The summed E-state index contributed by atoms with van der Waals surface area (Å²) >= 11 is 0. The van der Waals surface area contributed by atoms with Crippen LogP contribution in [0.4, 0.5) is 15.3 Å². The van der Waals surface area contributed by atoms with E-state index in [0.717, 1.165) is 0 Å². The standard InChI is InChI=1S/C12H15NO5/c1-12(2,3)18-10(14)13-8-5-4-6-9(7-8)17-11(15)16/h4-7H,1-3H3,(H,13,14)(H,15,16). The third-order valence-corrected chi connectivity index (χ3v) is 1.68. The molecule has 98 valence electrons. The maximum absolute atomic E-state index is 11.5. The van der Waals surface area contributed by atoms with E-state index in [1.54, 1.807) is 32.9 Å². The van der Waals surface area contributed by atoms with Gasteiger partial charge in [0.05, 0.1) is 0 Å². The van der Waals surface area contributed by atoms with E-state index in [1.807, 2.05) is 0 Å². The van der Waals surface area contributed by atoms with Crippen molar-refractivity contribution >= 4 is 17.9 Å². The van der Waals surface area contributed by atoms with Crippen LogP contribution in [0.3, 0.4) is 0 Å². The summed E-state index contributed by atoms with van der Waals surface area (Å²) in [6.45, 7) is 5.24. The summed E-state index contributed by atoms with van der Waals surface area (Å²) in [7, 11) is 0. The van der Waals surface area contributed by atoms with Crippen molar-refractivity contribution in [3.63, 3.8) is 0 Å². The number of carboxylic acid groups (broad SMARTS) is 1. The maximum atomic E-state index is 11.5. The van der Waals surface area contributed by atoms with Gasteiger partial charge in [-0.2, -0.15) is 0 Å². The van der Waals surface area contributed by atoms with Gasteiger partial charge >= 0.3 is 12.2 Å². The number of hydrogen-bond donors (Lipinski definition) is 2. The lowest BCUT2D eigenvalue weighted by Gasteiger charge is -2.19. The van der Waals surface area contributed by atoms with Crippen molar-refractivity contribution in [1.29, 1.82) is 0 Å². The third kappa shape index (κ3) is 5.20. The Morgan fingerprint density at radius 2 is 1.94 bits per heavy atom. The molecule has 0 bridgehead atoms. The first-order chi connectivity index (χ1) is 8.26. The molecule has 0 aliphatic heterocycles. The van der Waals surface area contributed by atoms with E-state index in [9.17, 15) is 9.59 Å². The van der Waals surface area contributed by atoms with Crippen LogP contribution in [0, 0.1) is 0 Å². The summed E-state index contributed by atoms with van der Waals surface area (Å²) in [6.07, 6.45) is -2.03. The largest absolute Gasteiger partial charge is 0.511 e. The molecule has 2 N–H and O–H groups in total. The van der Waals surface area contributed by atoms with Crippen molar-refractivity contribution in [2.24, 2.45) is 0 Å². The molecule has 6 nitrogen and oxygen atoms in total. The van der Waals surface area contributed by atoms with E-state index < -0.39 is 17.8 Å². The molecule has 0 unspecified atom stereocenters. The zero-order valence-electron chi connectivity index (χ0n) is 10.4. The fourth-order valence-electron chi connectivity index (χ4n) is 1.16. The Bertz CT molecular complexity index is 450. The highest BCUT2D eigenvalue weighted by Gasteiger charge is 2.16. The normalized spacial score (nSPS) is 10.6. The first-order valence-corrected chi connectivity index (χ1v) is 5.27. The molecule has 1 aromatic carbocycles. The second-order valence-corrected chi connectivity index (χ2v) is 4.52. The van der Waals surface area contributed by atoms with Crippen LogP contribution in [0.5, 0.6) is 5.75 Å². The molecule has 18 heavy (non-hydrogen) atoms. The molecule has 0 saturated heterocycles. The van der Waals surface area contributed by atoms with Gasteiger partial charge in [0.15, 0.2) is 0 Å². The first-order valence-electron chi connectivity index (χ1n) is 5.27. The molecule has 0 aliphatic rings. The molecule has 1 aromatic rings. The van der Waals surface area contributed by atoms with E-state index in [1.165, 1.54) is 12.1 Å². The summed E-state index contributed by atoms with van der Waals surface area (Å²) in [6, 6.07) is 6.01. The van der Waals surface area contributed by atoms with Gasteiger partial charge in [0.25, 0.3) is 0 Å². The van der Waals surface area contributed by atoms with Crippen LogP contribution in [-0.2, 0) is 4.74 Å². The zero-order chi connectivity index (χ0) is 13.8. The van der Waals surface area contributed by atoms with Crippen LogP contribution in [0.2, 0.25) is 0 Å². The molecule has 6 heteroatoms. The van der Waals surface area contributed by atoms with Crippen molar-refractivity contribution in [1.82, 2.24) is 0 Å². The van der Waals surface area contributed by atoms with Crippen molar-refractivity contribution < 1.29 is 24.2 Å². The molecule has 0 heterocycles. The van der Waals surface area contributed by atoms with Gasteiger partial charge in [-0.3, -0.25) is 5.32 Å². The fraction of sp³-hybridized carbons (Fsp3) is 0.333. The van der Waals surface area contributed by atoms with Crippen molar-refractivity contribution in [3.8, 4) is 5.75 Å². The minimum Gasteiger partial charge on any atom is -0.449 e. The predicted molar refractivity (Wildman–Crippen MR) is 65.0 cm³/mol. The number of anilines is 1. The number of amides is 1. The average molecular weight is 253 g/mol. The molecular weight excluding hydrogens is 238 g/mol. The number of hydrogen-bond acceptors (Lipinski definition) is 4. The van der Waals surface area contributed by atoms with Crippen LogP contribution < -0.4 is 10.1 Å². The fourth-order valence-corrected chi connectivity index (χ4v) is 1.16. The Kier molecular flexibility index (Phi) is 4.14. The van der Waals surface area contributed by atoms with Gasteiger partial charge < -0.3 is 14.6 Å². The summed E-state index contributed by atoms with van der Waals surface area (Å²) in [5, 5.41) is 10.9. The van der Waals surface area contributed by atoms with Crippen LogP contribution in [0.25, 0.3) is 0 Å². The number of rotatable bonds is 2. The molecule has 1 rings (SSSR count). The summed E-state index contributed by atoms with van der Waals surface area (Å²) in [4.78, 5) is 21.8. The quantitative estimate of drug-likeness (QED) is 0.625. The van der Waals surface area contributed by atoms with E-state index in [4.69, 9.17) is 9.84 Å². The van der Waals surface area contributed by atoms with E-state index >= 15 is 0 Å². The Morgan fingerprint density at radius 3 is 2.50 bits per heavy atom. The van der Waals surface area contributed by atoms with Crippen LogP contribution in [-0.4, -0.2) is 23.0 Å². The van der Waals surface area contributed by atoms with Crippen molar-refractivity contribution in [3.05, 3.63) is 24.3 Å². The molecule has 1 amide bonds. The molecule has 0 radical (unpaired) electrons. The molecule has 0 spiro atoms. The van der Waals surface area contributed by atoms with Gasteiger partial charge in [0.2, 0.25) is 0 Å². The smallest absolute Gasteiger partial charge is 0.449 e. The summed E-state index contributed by atoms with van der Waals surface area (Å²) in [5.74, 6) is 0.121. The van der Waals surface area contributed by atoms with E-state index in [-0.39, 0.29) is 5.75 Å². The van der Waals surface area contributed by atoms with Crippen molar-refractivity contribution in [2.45, 2.75) is 26.4 Å². The summed E-state index contributed by atoms with van der Waals surface area (Å²) in [5.41, 5.74) is -0.206. The average Bonchev–Trinajstić information content (AvgIpc) is 2.13. The van der Waals surface area contributed by atoms with Crippen molar-refractivity contribution in [2.75, 3.05) is 5.32 Å². The Morgan fingerprint density at radius 1 is 1.28 bits per heavy atom. The molecular formula is C12H15NO5. The zero-order valence-corrected chi connectivity index (χ0v) is 10.4. The monoisotopic (exact) mass is 253 g/mol. The Labute approximate surface area is 105 Å². The van der Waals surface area contributed by atoms with E-state index in [2.05, 4.69) is 10.1 Å².